The Labute approximate surface area is 102 Å². The molecule has 1 nitrogen and oxygen atoms in total. The second-order valence-corrected chi connectivity index (χ2v) is 4.69. The first-order chi connectivity index (χ1) is 8.42. The summed E-state index contributed by atoms with van der Waals surface area (Å²) in [6.45, 7) is 0. The summed E-state index contributed by atoms with van der Waals surface area (Å²) in [6.07, 6.45) is 8.14. The summed E-state index contributed by atoms with van der Waals surface area (Å²) in [5, 5.41) is 6.24. The fourth-order valence-corrected chi connectivity index (χ4v) is 2.44. The molecule has 0 aromatic heterocycles. The molecule has 0 fully saturated rings. The van der Waals surface area contributed by atoms with Gasteiger partial charge in [0.05, 0.1) is 0 Å². The molecule has 1 aliphatic rings. The van der Waals surface area contributed by atoms with E-state index in [1.54, 1.807) is 0 Å². The number of rotatable bonds is 2. The molecule has 1 atom stereocenters. The van der Waals surface area contributed by atoms with Crippen LogP contribution in [0.2, 0.25) is 0 Å². The van der Waals surface area contributed by atoms with E-state index in [1.807, 2.05) is 0 Å². The number of fused-ring (bicyclic) bond motifs is 1. The summed E-state index contributed by atoms with van der Waals surface area (Å²) >= 11 is 0. The van der Waals surface area contributed by atoms with Crippen LogP contribution in [-0.2, 0) is 0 Å². The van der Waals surface area contributed by atoms with E-state index in [0.717, 1.165) is 6.42 Å². The average Bonchev–Trinajstić information content (AvgIpc) is 2.40. The molecular weight excluding hydrogens is 206 g/mol. The Balaban J connectivity index is 1.83. The van der Waals surface area contributed by atoms with Crippen molar-refractivity contribution in [2.24, 2.45) is 0 Å². The lowest BCUT2D eigenvalue weighted by Crippen LogP contribution is -2.20. The third kappa shape index (κ3) is 2.33. The van der Waals surface area contributed by atoms with Crippen molar-refractivity contribution in [3.8, 4) is 0 Å². The lowest BCUT2D eigenvalue weighted by Gasteiger charge is -2.20. The fourth-order valence-electron chi connectivity index (χ4n) is 2.44. The highest BCUT2D eigenvalue weighted by atomic mass is 14.9. The normalized spacial score (nSPS) is 19.4. The molecule has 0 aliphatic heterocycles. The Morgan fingerprint density at radius 3 is 2.65 bits per heavy atom. The molecule has 3 rings (SSSR count). The molecule has 0 amide bonds. The fraction of sp³-hybridized carbons (Fsp3) is 0.250. The lowest BCUT2D eigenvalue weighted by molar-refractivity contribution is 0.645. The Morgan fingerprint density at radius 1 is 0.941 bits per heavy atom. The Hall–Kier alpha value is -1.76. The number of anilines is 1. The highest BCUT2D eigenvalue weighted by Gasteiger charge is 2.09. The highest BCUT2D eigenvalue weighted by Crippen LogP contribution is 2.22. The van der Waals surface area contributed by atoms with Crippen molar-refractivity contribution in [1.82, 2.24) is 0 Å². The monoisotopic (exact) mass is 223 g/mol. The van der Waals surface area contributed by atoms with Crippen LogP contribution in [0.1, 0.15) is 19.3 Å². The van der Waals surface area contributed by atoms with Crippen LogP contribution in [0.5, 0.6) is 0 Å². The van der Waals surface area contributed by atoms with E-state index in [4.69, 9.17) is 0 Å². The van der Waals surface area contributed by atoms with Crippen LogP contribution in [0.15, 0.2) is 54.6 Å². The molecule has 0 radical (unpaired) electrons. The Morgan fingerprint density at radius 2 is 1.82 bits per heavy atom. The van der Waals surface area contributed by atoms with Crippen molar-refractivity contribution in [2.75, 3.05) is 5.32 Å². The summed E-state index contributed by atoms with van der Waals surface area (Å²) in [6, 6.07) is 15.7. The first kappa shape index (κ1) is 10.4. The summed E-state index contributed by atoms with van der Waals surface area (Å²) in [4.78, 5) is 0. The van der Waals surface area contributed by atoms with Crippen LogP contribution in [0.3, 0.4) is 0 Å². The van der Waals surface area contributed by atoms with Gasteiger partial charge in [0.2, 0.25) is 0 Å². The van der Waals surface area contributed by atoms with Crippen molar-refractivity contribution in [3.05, 3.63) is 54.6 Å². The van der Waals surface area contributed by atoms with Gasteiger partial charge in [0, 0.05) is 11.7 Å². The van der Waals surface area contributed by atoms with Gasteiger partial charge in [0.25, 0.3) is 0 Å². The van der Waals surface area contributed by atoms with Crippen molar-refractivity contribution in [2.45, 2.75) is 25.3 Å². The number of hydrogen-bond donors (Lipinski definition) is 1. The van der Waals surface area contributed by atoms with Gasteiger partial charge in [-0.2, -0.15) is 0 Å². The van der Waals surface area contributed by atoms with E-state index < -0.39 is 0 Å². The smallest absolute Gasteiger partial charge is 0.0348 e. The van der Waals surface area contributed by atoms with Gasteiger partial charge in [-0.15, -0.1) is 0 Å². The molecule has 1 aliphatic carbocycles. The first-order valence-corrected chi connectivity index (χ1v) is 6.32. The second kappa shape index (κ2) is 4.62. The summed E-state index contributed by atoms with van der Waals surface area (Å²) in [7, 11) is 0. The van der Waals surface area contributed by atoms with Crippen LogP contribution in [0.25, 0.3) is 10.8 Å². The first-order valence-electron chi connectivity index (χ1n) is 6.32. The van der Waals surface area contributed by atoms with Gasteiger partial charge in [-0.25, -0.2) is 0 Å². The minimum atomic E-state index is 0.598. The maximum absolute atomic E-state index is 3.62. The molecule has 0 saturated carbocycles. The molecular formula is C16H17N. The molecule has 1 N–H and O–H groups in total. The lowest BCUT2D eigenvalue weighted by atomic mass is 10.0. The SMILES string of the molecule is C1=CCC(Nc2ccc3ccccc3c2)CC1. The minimum absolute atomic E-state index is 0.598. The average molecular weight is 223 g/mol. The molecule has 0 saturated heterocycles. The standard InChI is InChI=1S/C16H17N/c1-2-8-15(9-3-1)17-16-11-10-13-6-4-5-7-14(13)12-16/h1-2,4-7,10-12,15,17H,3,8-9H2. The topological polar surface area (TPSA) is 12.0 Å². The zero-order valence-electron chi connectivity index (χ0n) is 9.89. The summed E-state index contributed by atoms with van der Waals surface area (Å²) < 4.78 is 0. The van der Waals surface area contributed by atoms with Gasteiger partial charge in [0.15, 0.2) is 0 Å². The molecule has 17 heavy (non-hydrogen) atoms. The number of allylic oxidation sites excluding steroid dienone is 1. The molecule has 2 aromatic carbocycles. The minimum Gasteiger partial charge on any atom is -0.382 e. The van der Waals surface area contributed by atoms with E-state index in [-0.39, 0.29) is 0 Å². The van der Waals surface area contributed by atoms with Gasteiger partial charge in [-0.05, 0) is 42.2 Å². The molecule has 0 spiro atoms. The molecule has 0 bridgehead atoms. The quantitative estimate of drug-likeness (QED) is 0.746. The van der Waals surface area contributed by atoms with Gasteiger partial charge >= 0.3 is 0 Å². The van der Waals surface area contributed by atoms with E-state index in [2.05, 4.69) is 59.9 Å². The van der Waals surface area contributed by atoms with Crippen LogP contribution in [0, 0.1) is 0 Å². The zero-order valence-corrected chi connectivity index (χ0v) is 9.89. The van der Waals surface area contributed by atoms with Crippen molar-refractivity contribution < 1.29 is 0 Å². The maximum Gasteiger partial charge on any atom is 0.0348 e. The van der Waals surface area contributed by atoms with Gasteiger partial charge in [-0.1, -0.05) is 42.5 Å². The zero-order chi connectivity index (χ0) is 11.5. The molecule has 86 valence electrons. The summed E-state index contributed by atoms with van der Waals surface area (Å²) in [5.41, 5.74) is 1.24. The van der Waals surface area contributed by atoms with Gasteiger partial charge in [0.1, 0.15) is 0 Å². The second-order valence-electron chi connectivity index (χ2n) is 4.69. The van der Waals surface area contributed by atoms with E-state index >= 15 is 0 Å². The van der Waals surface area contributed by atoms with E-state index in [9.17, 15) is 0 Å². The van der Waals surface area contributed by atoms with Crippen LogP contribution >= 0.6 is 0 Å². The number of nitrogens with one attached hydrogen (secondary N) is 1. The maximum atomic E-state index is 3.62. The third-order valence-corrected chi connectivity index (χ3v) is 3.39. The van der Waals surface area contributed by atoms with Crippen molar-refractivity contribution >= 4 is 16.5 Å². The van der Waals surface area contributed by atoms with Gasteiger partial charge in [-0.3, -0.25) is 0 Å². The predicted octanol–water partition coefficient (Wildman–Crippen LogP) is 4.36. The van der Waals surface area contributed by atoms with Gasteiger partial charge < -0.3 is 5.32 Å². The van der Waals surface area contributed by atoms with Crippen LogP contribution < -0.4 is 5.32 Å². The Kier molecular flexibility index (Phi) is 2.83. The molecule has 1 heteroatoms. The number of benzene rings is 2. The molecule has 1 unspecified atom stereocenters. The highest BCUT2D eigenvalue weighted by molar-refractivity contribution is 5.85. The van der Waals surface area contributed by atoms with Crippen LogP contribution in [0.4, 0.5) is 5.69 Å². The molecule has 2 aromatic rings. The molecule has 0 heterocycles. The Bertz CT molecular complexity index is 542. The largest absolute Gasteiger partial charge is 0.382 e. The predicted molar refractivity (Wildman–Crippen MR) is 74.3 cm³/mol. The van der Waals surface area contributed by atoms with E-state index in [0.29, 0.717) is 6.04 Å². The van der Waals surface area contributed by atoms with Crippen molar-refractivity contribution in [1.29, 1.82) is 0 Å². The number of hydrogen-bond acceptors (Lipinski definition) is 1. The van der Waals surface area contributed by atoms with Crippen LogP contribution in [-0.4, -0.2) is 6.04 Å². The summed E-state index contributed by atoms with van der Waals surface area (Å²) in [5.74, 6) is 0. The van der Waals surface area contributed by atoms with E-state index in [1.165, 1.54) is 29.3 Å². The third-order valence-electron chi connectivity index (χ3n) is 3.39. The van der Waals surface area contributed by atoms with Crippen molar-refractivity contribution in [3.63, 3.8) is 0 Å².